The van der Waals surface area contributed by atoms with Crippen LogP contribution in [0.4, 0.5) is 0 Å². The predicted octanol–water partition coefficient (Wildman–Crippen LogP) is 2.98. The molecule has 1 aromatic carbocycles. The molecule has 6 nitrogen and oxygen atoms in total. The monoisotopic (exact) mass is 374 g/mol. The Labute approximate surface area is 163 Å². The van der Waals surface area contributed by atoms with Gasteiger partial charge in [0.2, 0.25) is 5.91 Å². The molecule has 150 valence electrons. The Morgan fingerprint density at radius 1 is 1.15 bits per heavy atom. The summed E-state index contributed by atoms with van der Waals surface area (Å²) in [5.74, 6) is 1.70. The van der Waals surface area contributed by atoms with Gasteiger partial charge in [-0.05, 0) is 32.8 Å². The van der Waals surface area contributed by atoms with Crippen LogP contribution in [0.15, 0.2) is 29.3 Å². The third-order valence-corrected chi connectivity index (χ3v) is 4.64. The molecule has 3 N–H and O–H groups in total. The maximum Gasteiger partial charge on any atom is 0.221 e. The molecular formula is C21H34N4O2. The smallest absolute Gasteiger partial charge is 0.221 e. The lowest BCUT2D eigenvalue weighted by atomic mass is 9.95. The van der Waals surface area contributed by atoms with E-state index < -0.39 is 0 Å². The third kappa shape index (κ3) is 7.89. The minimum atomic E-state index is 0.118. The molecule has 27 heavy (non-hydrogen) atoms. The number of amides is 1. The van der Waals surface area contributed by atoms with Crippen molar-refractivity contribution >= 4 is 11.9 Å². The second-order valence-corrected chi connectivity index (χ2v) is 6.82. The van der Waals surface area contributed by atoms with E-state index in [4.69, 9.17) is 4.74 Å². The summed E-state index contributed by atoms with van der Waals surface area (Å²) in [6, 6.07) is 8.30. The molecule has 0 radical (unpaired) electrons. The number of nitrogens with one attached hydrogen (secondary N) is 3. The van der Waals surface area contributed by atoms with E-state index >= 15 is 0 Å². The van der Waals surface area contributed by atoms with E-state index in [0.29, 0.717) is 38.1 Å². The largest absolute Gasteiger partial charge is 0.494 e. The van der Waals surface area contributed by atoms with Gasteiger partial charge in [-0.15, -0.1) is 0 Å². The van der Waals surface area contributed by atoms with Crippen LogP contribution in [-0.2, 0) is 11.3 Å². The van der Waals surface area contributed by atoms with Gasteiger partial charge in [-0.25, -0.2) is 4.99 Å². The maximum absolute atomic E-state index is 12.1. The van der Waals surface area contributed by atoms with Crippen molar-refractivity contribution in [2.75, 3.05) is 19.7 Å². The summed E-state index contributed by atoms with van der Waals surface area (Å²) < 4.78 is 5.65. The number of nitrogens with zero attached hydrogens (tertiary/aromatic N) is 1. The van der Waals surface area contributed by atoms with Crippen molar-refractivity contribution in [3.05, 3.63) is 29.8 Å². The first-order valence-corrected chi connectivity index (χ1v) is 10.2. The summed E-state index contributed by atoms with van der Waals surface area (Å²) in [6.45, 7) is 6.50. The highest BCUT2D eigenvalue weighted by Crippen LogP contribution is 2.19. The molecule has 1 fully saturated rings. The lowest BCUT2D eigenvalue weighted by Crippen LogP contribution is -2.41. The topological polar surface area (TPSA) is 74.8 Å². The highest BCUT2D eigenvalue weighted by Gasteiger charge is 2.15. The van der Waals surface area contributed by atoms with Crippen LogP contribution >= 0.6 is 0 Å². The predicted molar refractivity (Wildman–Crippen MR) is 110 cm³/mol. The van der Waals surface area contributed by atoms with Crippen LogP contribution in [0, 0.1) is 0 Å². The van der Waals surface area contributed by atoms with Gasteiger partial charge in [-0.1, -0.05) is 37.5 Å². The molecule has 0 spiro atoms. The molecule has 0 atom stereocenters. The van der Waals surface area contributed by atoms with Gasteiger partial charge in [-0.2, -0.15) is 0 Å². The summed E-state index contributed by atoms with van der Waals surface area (Å²) >= 11 is 0. The number of guanidine groups is 1. The van der Waals surface area contributed by atoms with Gasteiger partial charge >= 0.3 is 0 Å². The van der Waals surface area contributed by atoms with E-state index in [2.05, 4.69) is 20.9 Å². The third-order valence-electron chi connectivity index (χ3n) is 4.64. The Kier molecular flexibility index (Phi) is 9.52. The van der Waals surface area contributed by atoms with Gasteiger partial charge in [-0.3, -0.25) is 4.79 Å². The Hall–Kier alpha value is -2.24. The molecule has 0 aliphatic heterocycles. The molecule has 1 aliphatic carbocycles. The number of carbonyl (C=O) groups excluding carboxylic acids is 1. The molecule has 1 aromatic rings. The fraction of sp³-hybridized carbons (Fsp3) is 0.619. The van der Waals surface area contributed by atoms with Crippen molar-refractivity contribution in [3.63, 3.8) is 0 Å². The van der Waals surface area contributed by atoms with E-state index in [9.17, 15) is 4.79 Å². The van der Waals surface area contributed by atoms with Crippen LogP contribution in [0.2, 0.25) is 0 Å². The van der Waals surface area contributed by atoms with Crippen molar-refractivity contribution in [2.45, 2.75) is 65.0 Å². The number of rotatable bonds is 9. The van der Waals surface area contributed by atoms with Crippen LogP contribution in [0.3, 0.4) is 0 Å². The quantitative estimate of drug-likeness (QED) is 0.459. The summed E-state index contributed by atoms with van der Waals surface area (Å²) in [5.41, 5.74) is 1.05. The average Bonchev–Trinajstić information content (AvgIpc) is 2.68. The van der Waals surface area contributed by atoms with Crippen LogP contribution in [0.25, 0.3) is 0 Å². The van der Waals surface area contributed by atoms with Crippen molar-refractivity contribution in [1.82, 2.24) is 16.0 Å². The minimum Gasteiger partial charge on any atom is -0.494 e. The molecule has 0 unspecified atom stereocenters. The first kappa shape index (κ1) is 21.1. The molecule has 1 amide bonds. The zero-order valence-corrected chi connectivity index (χ0v) is 16.7. The lowest BCUT2D eigenvalue weighted by molar-refractivity contribution is -0.121. The number of benzene rings is 1. The maximum atomic E-state index is 12.1. The number of aliphatic imine (C=N–C) groups is 1. The highest BCUT2D eigenvalue weighted by atomic mass is 16.5. The first-order valence-electron chi connectivity index (χ1n) is 10.2. The van der Waals surface area contributed by atoms with Crippen LogP contribution in [-0.4, -0.2) is 37.6 Å². The first-order chi connectivity index (χ1) is 13.2. The lowest BCUT2D eigenvalue weighted by Gasteiger charge is -2.22. The van der Waals surface area contributed by atoms with Crippen LogP contribution in [0.1, 0.15) is 57.9 Å². The van der Waals surface area contributed by atoms with E-state index in [0.717, 1.165) is 30.7 Å². The number of carbonyl (C=O) groups is 1. The zero-order valence-electron chi connectivity index (χ0n) is 16.7. The Bertz CT molecular complexity index is 598. The van der Waals surface area contributed by atoms with Crippen LogP contribution in [0.5, 0.6) is 5.75 Å². The van der Waals surface area contributed by atoms with Gasteiger partial charge < -0.3 is 20.7 Å². The molecule has 1 aliphatic rings. The number of hydrogen-bond acceptors (Lipinski definition) is 3. The fourth-order valence-electron chi connectivity index (χ4n) is 3.28. The van der Waals surface area contributed by atoms with Crippen molar-refractivity contribution in [1.29, 1.82) is 0 Å². The van der Waals surface area contributed by atoms with E-state index in [1.807, 2.05) is 38.1 Å². The molecular weight excluding hydrogens is 340 g/mol. The summed E-state index contributed by atoms with van der Waals surface area (Å²) in [5, 5.41) is 9.62. The minimum absolute atomic E-state index is 0.118. The van der Waals surface area contributed by atoms with E-state index in [-0.39, 0.29) is 5.91 Å². The van der Waals surface area contributed by atoms with E-state index in [1.54, 1.807) is 0 Å². The second kappa shape index (κ2) is 12.2. The number of ether oxygens (including phenoxy) is 1. The molecule has 2 rings (SSSR count). The van der Waals surface area contributed by atoms with E-state index in [1.165, 1.54) is 19.3 Å². The fourth-order valence-corrected chi connectivity index (χ4v) is 3.28. The number of para-hydroxylation sites is 1. The van der Waals surface area contributed by atoms with Crippen molar-refractivity contribution in [2.24, 2.45) is 4.99 Å². The second-order valence-electron chi connectivity index (χ2n) is 6.82. The van der Waals surface area contributed by atoms with Gasteiger partial charge in [0.25, 0.3) is 0 Å². The highest BCUT2D eigenvalue weighted by molar-refractivity contribution is 5.81. The Morgan fingerprint density at radius 3 is 2.67 bits per heavy atom. The summed E-state index contributed by atoms with van der Waals surface area (Å²) in [6.07, 6.45) is 6.43. The van der Waals surface area contributed by atoms with Crippen molar-refractivity contribution in [3.8, 4) is 5.75 Å². The molecule has 6 heteroatoms. The van der Waals surface area contributed by atoms with Gasteiger partial charge in [0.15, 0.2) is 5.96 Å². The Morgan fingerprint density at radius 2 is 1.93 bits per heavy atom. The number of hydrogen-bond donors (Lipinski definition) is 3. The SMILES string of the molecule is CCNC(=NCc1ccccc1OCC)NCCC(=O)NC1CCCCC1. The van der Waals surface area contributed by atoms with Gasteiger partial charge in [0, 0.05) is 31.1 Å². The van der Waals surface area contributed by atoms with Gasteiger partial charge in [0.1, 0.15) is 5.75 Å². The standard InChI is InChI=1S/C21H34N4O2/c1-3-22-21(24-16-17-10-8-9-13-19(17)27-4-2)23-15-14-20(26)25-18-11-6-5-7-12-18/h8-10,13,18H,3-7,11-12,14-16H2,1-2H3,(H,25,26)(H2,22,23,24). The van der Waals surface area contributed by atoms with Crippen molar-refractivity contribution < 1.29 is 9.53 Å². The zero-order chi connectivity index (χ0) is 19.3. The normalized spacial score (nSPS) is 15.3. The molecule has 0 bridgehead atoms. The molecule has 0 saturated heterocycles. The summed E-state index contributed by atoms with van der Waals surface area (Å²) in [4.78, 5) is 16.7. The molecule has 0 aromatic heterocycles. The molecule has 0 heterocycles. The summed E-state index contributed by atoms with van der Waals surface area (Å²) in [7, 11) is 0. The molecule has 1 saturated carbocycles. The van der Waals surface area contributed by atoms with Gasteiger partial charge in [0.05, 0.1) is 13.2 Å². The average molecular weight is 375 g/mol. The van der Waals surface area contributed by atoms with Crippen LogP contribution < -0.4 is 20.7 Å². The Balaban J connectivity index is 1.80.